The second-order valence-electron chi connectivity index (χ2n) is 10.8. The summed E-state index contributed by atoms with van der Waals surface area (Å²) in [6.07, 6.45) is -0.903. The highest BCUT2D eigenvalue weighted by atomic mass is 16.7. The molecule has 38 heavy (non-hydrogen) atoms. The van der Waals surface area contributed by atoms with E-state index in [4.69, 9.17) is 18.9 Å². The number of piperidine rings is 1. The standard InChI is InChI=1S/C32H39NO5/c1-23(25-12-8-5-9-13-25)33-18-29(34)31(30(19-33)36-21-28-22-37-32(2,3)38-28)26-14-16-27(17-15-26)35-20-24-10-6-4-7-11-24/h4-17,23,28-31,34H,18-22H2,1-3H3/t23-,28+,29?,30?,31?/m1/s1. The number of hydrogen-bond donors (Lipinski definition) is 1. The van der Waals surface area contributed by atoms with Crippen LogP contribution in [-0.2, 0) is 20.8 Å². The Bertz CT molecular complexity index is 1140. The average molecular weight is 518 g/mol. The molecule has 2 fully saturated rings. The van der Waals surface area contributed by atoms with Gasteiger partial charge in [0, 0.05) is 25.0 Å². The number of hydrogen-bond acceptors (Lipinski definition) is 6. The number of β-amino-alcohol motifs (C(OH)–C–C–N with tert-alkyl or cyclic N) is 1. The molecule has 1 N–H and O–H groups in total. The maximum Gasteiger partial charge on any atom is 0.163 e. The molecule has 0 saturated carbocycles. The fourth-order valence-electron chi connectivity index (χ4n) is 5.48. The lowest BCUT2D eigenvalue weighted by atomic mass is 9.83. The first-order valence-electron chi connectivity index (χ1n) is 13.5. The first kappa shape index (κ1) is 26.9. The number of ether oxygens (including phenoxy) is 4. The highest BCUT2D eigenvalue weighted by Crippen LogP contribution is 2.36. The van der Waals surface area contributed by atoms with E-state index in [-0.39, 0.29) is 24.2 Å². The molecule has 2 aliphatic rings. The van der Waals surface area contributed by atoms with Crippen molar-refractivity contribution in [2.75, 3.05) is 26.3 Å². The van der Waals surface area contributed by atoms with Gasteiger partial charge in [0.05, 0.1) is 25.4 Å². The molecule has 202 valence electrons. The average Bonchev–Trinajstić information content (AvgIpc) is 3.30. The summed E-state index contributed by atoms with van der Waals surface area (Å²) >= 11 is 0. The normalized spacial score (nSPS) is 26.2. The molecule has 2 saturated heterocycles. The number of likely N-dealkylation sites (tertiary alicyclic amines) is 1. The zero-order chi connectivity index (χ0) is 26.5. The van der Waals surface area contributed by atoms with Crippen molar-refractivity contribution in [3.8, 4) is 5.75 Å². The van der Waals surface area contributed by atoms with E-state index in [9.17, 15) is 5.11 Å². The largest absolute Gasteiger partial charge is 0.489 e. The Balaban J connectivity index is 1.30. The first-order valence-corrected chi connectivity index (χ1v) is 13.5. The minimum absolute atomic E-state index is 0.126. The van der Waals surface area contributed by atoms with Gasteiger partial charge in [0.15, 0.2) is 5.79 Å². The van der Waals surface area contributed by atoms with Crippen molar-refractivity contribution < 1.29 is 24.1 Å². The molecule has 0 bridgehead atoms. The quantitative estimate of drug-likeness (QED) is 0.414. The van der Waals surface area contributed by atoms with Crippen LogP contribution in [0.25, 0.3) is 0 Å². The van der Waals surface area contributed by atoms with Crippen LogP contribution < -0.4 is 4.74 Å². The second-order valence-corrected chi connectivity index (χ2v) is 10.8. The zero-order valence-electron chi connectivity index (χ0n) is 22.5. The van der Waals surface area contributed by atoms with Gasteiger partial charge in [-0.1, -0.05) is 72.8 Å². The summed E-state index contributed by atoms with van der Waals surface area (Å²) in [5.41, 5.74) is 3.40. The van der Waals surface area contributed by atoms with Gasteiger partial charge in [0.25, 0.3) is 0 Å². The van der Waals surface area contributed by atoms with Gasteiger partial charge in [-0.05, 0) is 49.6 Å². The molecule has 6 heteroatoms. The van der Waals surface area contributed by atoms with Crippen LogP contribution in [0.15, 0.2) is 84.9 Å². The lowest BCUT2D eigenvalue weighted by molar-refractivity contribution is -0.153. The smallest absolute Gasteiger partial charge is 0.163 e. The molecule has 2 aliphatic heterocycles. The highest BCUT2D eigenvalue weighted by Gasteiger charge is 2.41. The summed E-state index contributed by atoms with van der Waals surface area (Å²) in [5.74, 6) is 0.0503. The fraction of sp³-hybridized carbons (Fsp3) is 0.438. The predicted molar refractivity (Wildman–Crippen MR) is 147 cm³/mol. The number of nitrogens with zero attached hydrogens (tertiary/aromatic N) is 1. The van der Waals surface area contributed by atoms with Crippen LogP contribution in [0.5, 0.6) is 5.75 Å². The Hall–Kier alpha value is -2.74. The van der Waals surface area contributed by atoms with Crippen molar-refractivity contribution >= 4 is 0 Å². The van der Waals surface area contributed by atoms with Gasteiger partial charge in [0.1, 0.15) is 18.5 Å². The third kappa shape index (κ3) is 6.63. The summed E-state index contributed by atoms with van der Waals surface area (Å²) in [6, 6.07) is 28.8. The maximum absolute atomic E-state index is 11.4. The van der Waals surface area contributed by atoms with Crippen LogP contribution >= 0.6 is 0 Å². The topological polar surface area (TPSA) is 60.4 Å². The molecule has 3 unspecified atom stereocenters. The summed E-state index contributed by atoms with van der Waals surface area (Å²) in [7, 11) is 0. The van der Waals surface area contributed by atoms with E-state index in [0.717, 1.165) is 16.9 Å². The van der Waals surface area contributed by atoms with Crippen molar-refractivity contribution in [3.63, 3.8) is 0 Å². The fourth-order valence-corrected chi connectivity index (χ4v) is 5.48. The third-order valence-corrected chi connectivity index (χ3v) is 7.56. The van der Waals surface area contributed by atoms with E-state index in [1.807, 2.05) is 50.2 Å². The van der Waals surface area contributed by atoms with Crippen molar-refractivity contribution in [1.29, 1.82) is 0 Å². The zero-order valence-corrected chi connectivity index (χ0v) is 22.5. The van der Waals surface area contributed by atoms with Crippen molar-refractivity contribution in [1.82, 2.24) is 4.90 Å². The maximum atomic E-state index is 11.4. The monoisotopic (exact) mass is 517 g/mol. The Morgan fingerprint density at radius 1 is 0.947 bits per heavy atom. The van der Waals surface area contributed by atoms with Gasteiger partial charge >= 0.3 is 0 Å². The van der Waals surface area contributed by atoms with Crippen molar-refractivity contribution in [3.05, 3.63) is 102 Å². The van der Waals surface area contributed by atoms with Gasteiger partial charge < -0.3 is 24.1 Å². The van der Waals surface area contributed by atoms with E-state index in [1.165, 1.54) is 5.56 Å². The molecular formula is C32H39NO5. The Kier molecular flexibility index (Phi) is 8.46. The van der Waals surface area contributed by atoms with Crippen LogP contribution in [0.2, 0.25) is 0 Å². The summed E-state index contributed by atoms with van der Waals surface area (Å²) in [4.78, 5) is 2.31. The van der Waals surface area contributed by atoms with E-state index in [1.54, 1.807) is 0 Å². The van der Waals surface area contributed by atoms with Crippen LogP contribution in [-0.4, -0.2) is 60.4 Å². The molecule has 5 rings (SSSR count). The summed E-state index contributed by atoms with van der Waals surface area (Å²) in [5, 5.41) is 11.4. The van der Waals surface area contributed by atoms with E-state index >= 15 is 0 Å². The molecule has 3 aromatic rings. The number of benzene rings is 3. The third-order valence-electron chi connectivity index (χ3n) is 7.56. The molecule has 0 amide bonds. The predicted octanol–water partition coefficient (Wildman–Crippen LogP) is 5.32. The molecule has 3 aromatic carbocycles. The van der Waals surface area contributed by atoms with E-state index in [2.05, 4.69) is 60.4 Å². The van der Waals surface area contributed by atoms with Crippen LogP contribution in [0.1, 0.15) is 49.4 Å². The lowest BCUT2D eigenvalue weighted by Gasteiger charge is -2.44. The van der Waals surface area contributed by atoms with Gasteiger partial charge in [-0.25, -0.2) is 0 Å². The van der Waals surface area contributed by atoms with Gasteiger partial charge in [0.2, 0.25) is 0 Å². The minimum Gasteiger partial charge on any atom is -0.489 e. The summed E-state index contributed by atoms with van der Waals surface area (Å²) in [6.45, 7) is 8.76. The van der Waals surface area contributed by atoms with Gasteiger partial charge in [-0.2, -0.15) is 0 Å². The van der Waals surface area contributed by atoms with Crippen LogP contribution in [0.4, 0.5) is 0 Å². The molecule has 5 atom stereocenters. The summed E-state index contributed by atoms with van der Waals surface area (Å²) < 4.78 is 24.2. The molecule has 2 heterocycles. The van der Waals surface area contributed by atoms with E-state index in [0.29, 0.717) is 32.9 Å². The molecule has 0 aromatic heterocycles. The van der Waals surface area contributed by atoms with Crippen molar-refractivity contribution in [2.45, 2.75) is 63.4 Å². The van der Waals surface area contributed by atoms with E-state index < -0.39 is 11.9 Å². The molecule has 0 aliphatic carbocycles. The molecule has 0 radical (unpaired) electrons. The van der Waals surface area contributed by atoms with Crippen molar-refractivity contribution in [2.24, 2.45) is 0 Å². The van der Waals surface area contributed by atoms with Gasteiger partial charge in [-0.3, -0.25) is 4.90 Å². The first-order chi connectivity index (χ1) is 18.4. The molecule has 6 nitrogen and oxygen atoms in total. The Morgan fingerprint density at radius 3 is 2.29 bits per heavy atom. The Labute approximate surface area is 226 Å². The SMILES string of the molecule is C[C@H](c1ccccc1)N1CC(O)C(c2ccc(OCc3ccccc3)cc2)C(OC[C@H]2COC(C)(C)O2)C1. The molecule has 0 spiro atoms. The number of aliphatic hydroxyl groups excluding tert-OH is 1. The van der Waals surface area contributed by atoms with Crippen LogP contribution in [0.3, 0.4) is 0 Å². The number of aliphatic hydroxyl groups is 1. The number of rotatable bonds is 9. The van der Waals surface area contributed by atoms with Gasteiger partial charge in [-0.15, -0.1) is 0 Å². The van der Waals surface area contributed by atoms with Crippen LogP contribution in [0, 0.1) is 0 Å². The highest BCUT2D eigenvalue weighted by molar-refractivity contribution is 5.32. The Morgan fingerprint density at radius 2 is 1.63 bits per heavy atom. The lowest BCUT2D eigenvalue weighted by Crippen LogP contribution is -2.52. The second kappa shape index (κ2) is 12.0. The minimum atomic E-state index is -0.594. The molecular weight excluding hydrogens is 478 g/mol.